The Balaban J connectivity index is 1.88. The minimum Gasteiger partial charge on any atom is -0.372 e. The van der Waals surface area contributed by atoms with Crippen molar-refractivity contribution in [2.75, 3.05) is 28.8 Å². The summed E-state index contributed by atoms with van der Waals surface area (Å²) >= 11 is 6.15. The highest BCUT2D eigenvalue weighted by molar-refractivity contribution is 7.92. The van der Waals surface area contributed by atoms with Crippen molar-refractivity contribution in [3.63, 3.8) is 0 Å². The predicted octanol–water partition coefficient (Wildman–Crippen LogP) is 5.72. The first-order valence-electron chi connectivity index (χ1n) is 11.5. The molecular formula is C26H27ClF3N3O3S. The number of amides is 1. The van der Waals surface area contributed by atoms with E-state index in [2.05, 4.69) is 10.2 Å². The minimum atomic E-state index is -4.74. The second-order valence-electron chi connectivity index (χ2n) is 8.10. The minimum absolute atomic E-state index is 0.104. The summed E-state index contributed by atoms with van der Waals surface area (Å²) in [4.78, 5) is 14.8. The van der Waals surface area contributed by atoms with Gasteiger partial charge in [0.05, 0.1) is 21.2 Å². The van der Waals surface area contributed by atoms with E-state index in [0.717, 1.165) is 36.5 Å². The molecule has 0 heterocycles. The van der Waals surface area contributed by atoms with Gasteiger partial charge in [-0.15, -0.1) is 0 Å². The van der Waals surface area contributed by atoms with E-state index < -0.39 is 39.9 Å². The first kappa shape index (κ1) is 28.3. The molecule has 0 unspecified atom stereocenters. The summed E-state index contributed by atoms with van der Waals surface area (Å²) in [5, 5.41) is 2.40. The van der Waals surface area contributed by atoms with Crippen LogP contribution in [0.5, 0.6) is 0 Å². The number of benzene rings is 3. The summed E-state index contributed by atoms with van der Waals surface area (Å²) in [6.07, 6.45) is -4.74. The molecule has 3 aromatic carbocycles. The van der Waals surface area contributed by atoms with Crippen molar-refractivity contribution in [3.8, 4) is 0 Å². The maximum Gasteiger partial charge on any atom is 0.416 e. The van der Waals surface area contributed by atoms with Crippen LogP contribution in [-0.4, -0.2) is 34.0 Å². The summed E-state index contributed by atoms with van der Waals surface area (Å²) in [5.41, 5.74) is 0.270. The van der Waals surface area contributed by atoms with Crippen molar-refractivity contribution in [3.05, 3.63) is 88.9 Å². The molecular weight excluding hydrogens is 527 g/mol. The Morgan fingerprint density at radius 3 is 2.14 bits per heavy atom. The lowest BCUT2D eigenvalue weighted by molar-refractivity contribution is -0.137. The number of hydrogen-bond acceptors (Lipinski definition) is 4. The Labute approximate surface area is 219 Å². The molecule has 0 atom stereocenters. The van der Waals surface area contributed by atoms with Gasteiger partial charge in [0, 0.05) is 25.3 Å². The van der Waals surface area contributed by atoms with Gasteiger partial charge in [-0.2, -0.15) is 13.2 Å². The van der Waals surface area contributed by atoms with Gasteiger partial charge in [0.2, 0.25) is 5.91 Å². The van der Waals surface area contributed by atoms with E-state index in [9.17, 15) is 26.4 Å². The van der Waals surface area contributed by atoms with Gasteiger partial charge in [-0.3, -0.25) is 9.10 Å². The average molecular weight is 554 g/mol. The Morgan fingerprint density at radius 2 is 1.57 bits per heavy atom. The Kier molecular flexibility index (Phi) is 9.09. The quantitative estimate of drug-likeness (QED) is 0.349. The number of carbonyl (C=O) groups excluding carboxylic acids is 1. The monoisotopic (exact) mass is 553 g/mol. The molecule has 0 saturated carbocycles. The molecule has 0 fully saturated rings. The second kappa shape index (κ2) is 11.9. The van der Waals surface area contributed by atoms with Gasteiger partial charge in [-0.25, -0.2) is 8.42 Å². The fraction of sp³-hybridized carbons (Fsp3) is 0.269. The van der Waals surface area contributed by atoms with E-state index in [1.165, 1.54) is 24.3 Å². The van der Waals surface area contributed by atoms with E-state index in [0.29, 0.717) is 10.4 Å². The molecule has 0 aliphatic heterocycles. The number of anilines is 2. The number of rotatable bonds is 10. The van der Waals surface area contributed by atoms with Gasteiger partial charge in [0.25, 0.3) is 10.0 Å². The topological polar surface area (TPSA) is 69.7 Å². The molecule has 1 amide bonds. The summed E-state index contributed by atoms with van der Waals surface area (Å²) in [7, 11) is -4.42. The number of carbonyl (C=O) groups is 1. The van der Waals surface area contributed by atoms with Gasteiger partial charge >= 0.3 is 6.18 Å². The smallest absolute Gasteiger partial charge is 0.372 e. The highest BCUT2D eigenvalue weighted by Gasteiger charge is 2.34. The van der Waals surface area contributed by atoms with Crippen molar-refractivity contribution in [2.45, 2.75) is 31.5 Å². The molecule has 3 rings (SSSR count). The number of halogens is 4. The third-order valence-corrected chi connectivity index (χ3v) is 7.81. The highest BCUT2D eigenvalue weighted by atomic mass is 35.5. The van der Waals surface area contributed by atoms with Crippen LogP contribution in [0.4, 0.5) is 24.5 Å². The third kappa shape index (κ3) is 6.95. The van der Waals surface area contributed by atoms with E-state index >= 15 is 0 Å². The Morgan fingerprint density at radius 1 is 0.946 bits per heavy atom. The lowest BCUT2D eigenvalue weighted by atomic mass is 10.2. The van der Waals surface area contributed by atoms with Crippen molar-refractivity contribution in [1.82, 2.24) is 5.32 Å². The Bertz CT molecular complexity index is 1310. The van der Waals surface area contributed by atoms with Crippen LogP contribution in [0.3, 0.4) is 0 Å². The third-order valence-electron chi connectivity index (χ3n) is 5.72. The fourth-order valence-corrected chi connectivity index (χ4v) is 5.42. The van der Waals surface area contributed by atoms with Gasteiger partial charge in [0.1, 0.15) is 6.54 Å². The average Bonchev–Trinajstić information content (AvgIpc) is 2.88. The first-order chi connectivity index (χ1) is 17.5. The maximum atomic E-state index is 13.4. The number of nitrogens with zero attached hydrogens (tertiary/aromatic N) is 2. The van der Waals surface area contributed by atoms with Crippen LogP contribution in [0.25, 0.3) is 0 Å². The molecule has 0 radical (unpaired) electrons. The Hall–Kier alpha value is -3.24. The van der Waals surface area contributed by atoms with Crippen LogP contribution in [0.15, 0.2) is 77.7 Å². The maximum absolute atomic E-state index is 13.4. The molecule has 0 aliphatic rings. The van der Waals surface area contributed by atoms with Crippen LogP contribution < -0.4 is 14.5 Å². The van der Waals surface area contributed by atoms with Gasteiger partial charge < -0.3 is 10.2 Å². The molecule has 0 bridgehead atoms. The highest BCUT2D eigenvalue weighted by Crippen LogP contribution is 2.37. The number of sulfonamides is 1. The van der Waals surface area contributed by atoms with E-state index in [1.807, 2.05) is 38.1 Å². The molecule has 1 N–H and O–H groups in total. The summed E-state index contributed by atoms with van der Waals surface area (Å²) in [6.45, 7) is 5.11. The van der Waals surface area contributed by atoms with E-state index in [4.69, 9.17) is 11.6 Å². The van der Waals surface area contributed by atoms with E-state index in [-0.39, 0.29) is 16.5 Å². The van der Waals surface area contributed by atoms with E-state index in [1.54, 1.807) is 6.07 Å². The zero-order valence-electron chi connectivity index (χ0n) is 20.3. The lowest BCUT2D eigenvalue weighted by Gasteiger charge is -2.26. The van der Waals surface area contributed by atoms with Crippen molar-refractivity contribution in [2.24, 2.45) is 0 Å². The molecule has 3 aromatic rings. The zero-order valence-corrected chi connectivity index (χ0v) is 21.9. The lowest BCUT2D eigenvalue weighted by Crippen LogP contribution is -2.41. The summed E-state index contributed by atoms with van der Waals surface area (Å²) in [6, 6.07) is 17.0. The molecule has 0 aromatic heterocycles. The van der Waals surface area contributed by atoms with Crippen LogP contribution >= 0.6 is 11.6 Å². The molecule has 0 saturated heterocycles. The van der Waals surface area contributed by atoms with Gasteiger partial charge in [0.15, 0.2) is 0 Å². The molecule has 6 nitrogen and oxygen atoms in total. The number of alkyl halides is 3. The van der Waals surface area contributed by atoms with Gasteiger partial charge in [-0.05, 0) is 61.9 Å². The SMILES string of the molecule is CCN(CC)c1ccc(CNC(=O)CN(c2cc(C(F)(F)F)ccc2Cl)S(=O)(=O)c2ccccc2)cc1. The van der Waals surface area contributed by atoms with Crippen LogP contribution in [-0.2, 0) is 27.5 Å². The number of hydrogen-bond donors (Lipinski definition) is 1. The fourth-order valence-electron chi connectivity index (χ4n) is 3.70. The normalized spacial score (nSPS) is 11.7. The predicted molar refractivity (Wildman–Crippen MR) is 139 cm³/mol. The van der Waals surface area contributed by atoms with Crippen molar-refractivity contribution in [1.29, 1.82) is 0 Å². The largest absolute Gasteiger partial charge is 0.416 e. The summed E-state index contributed by atoms with van der Waals surface area (Å²) in [5.74, 6) is -0.708. The molecule has 11 heteroatoms. The van der Waals surface area contributed by atoms with Crippen LogP contribution in [0, 0.1) is 0 Å². The van der Waals surface area contributed by atoms with Gasteiger partial charge in [-0.1, -0.05) is 41.9 Å². The standard InChI is InChI=1S/C26H27ClF3N3O3S/c1-3-32(4-2)21-13-10-19(11-14-21)17-31-25(34)18-33(37(35,36)22-8-6-5-7-9-22)24-16-20(26(28,29)30)12-15-23(24)27/h5-16H,3-4,17-18H2,1-2H3,(H,31,34). The van der Waals surface area contributed by atoms with Crippen molar-refractivity contribution >= 4 is 38.9 Å². The molecule has 0 aliphatic carbocycles. The van der Waals surface area contributed by atoms with Crippen LogP contribution in [0.1, 0.15) is 25.0 Å². The summed E-state index contributed by atoms with van der Waals surface area (Å²) < 4.78 is 67.6. The molecule has 0 spiro atoms. The molecule has 37 heavy (non-hydrogen) atoms. The van der Waals surface area contributed by atoms with Crippen LogP contribution in [0.2, 0.25) is 5.02 Å². The zero-order chi connectivity index (χ0) is 27.2. The second-order valence-corrected chi connectivity index (χ2v) is 10.4. The number of nitrogens with one attached hydrogen (secondary N) is 1. The first-order valence-corrected chi connectivity index (χ1v) is 13.3. The van der Waals surface area contributed by atoms with Crippen molar-refractivity contribution < 1.29 is 26.4 Å². The molecule has 198 valence electrons.